The van der Waals surface area contributed by atoms with E-state index < -0.39 is 11.9 Å². The van der Waals surface area contributed by atoms with Gasteiger partial charge in [0.05, 0.1) is 5.92 Å². The molecule has 0 aromatic rings. The highest BCUT2D eigenvalue weighted by atomic mass is 16.4. The maximum Gasteiger partial charge on any atom is 0.317 e. The summed E-state index contributed by atoms with van der Waals surface area (Å²) in [5.74, 6) is -1.39. The van der Waals surface area contributed by atoms with Gasteiger partial charge in [0.25, 0.3) is 0 Å². The number of nitrogens with zero attached hydrogens (tertiary/aromatic N) is 1. The van der Waals surface area contributed by atoms with Crippen molar-refractivity contribution in [2.75, 3.05) is 19.6 Å². The number of aliphatic carboxylic acids is 1. The van der Waals surface area contributed by atoms with E-state index in [2.05, 4.69) is 11.4 Å². The van der Waals surface area contributed by atoms with E-state index in [9.17, 15) is 14.7 Å². The molecule has 2 N–H and O–H groups in total. The van der Waals surface area contributed by atoms with Crippen molar-refractivity contribution in [3.05, 3.63) is 11.6 Å². The minimum atomic E-state index is -0.852. The van der Waals surface area contributed by atoms with Crippen LogP contribution >= 0.6 is 0 Å². The van der Waals surface area contributed by atoms with E-state index in [1.165, 1.54) is 5.57 Å². The van der Waals surface area contributed by atoms with E-state index in [4.69, 9.17) is 0 Å². The lowest BCUT2D eigenvalue weighted by atomic mass is 9.84. The maximum atomic E-state index is 12.0. The van der Waals surface area contributed by atoms with Crippen molar-refractivity contribution in [3.63, 3.8) is 0 Å². The lowest BCUT2D eigenvalue weighted by Gasteiger charge is -2.28. The number of hydrogen-bond acceptors (Lipinski definition) is 2. The second kappa shape index (κ2) is 6.77. The molecule has 0 spiro atoms. The number of amides is 2. The molecule has 0 aromatic carbocycles. The minimum Gasteiger partial charge on any atom is -0.481 e. The van der Waals surface area contributed by atoms with Gasteiger partial charge in [-0.25, -0.2) is 4.79 Å². The van der Waals surface area contributed by atoms with Gasteiger partial charge in [0.2, 0.25) is 0 Å². The van der Waals surface area contributed by atoms with Gasteiger partial charge in [-0.15, -0.1) is 0 Å². The molecule has 0 aromatic heterocycles. The first kappa shape index (κ1) is 16.5. The minimum absolute atomic E-state index is 0.0712. The molecule has 5 nitrogen and oxygen atoms in total. The molecule has 0 saturated carbocycles. The fourth-order valence-electron chi connectivity index (χ4n) is 2.39. The Hall–Kier alpha value is -1.52. The fraction of sp³-hybridized carbons (Fsp3) is 0.733. The molecule has 0 fully saturated rings. The van der Waals surface area contributed by atoms with Gasteiger partial charge in [0, 0.05) is 19.6 Å². The summed E-state index contributed by atoms with van der Waals surface area (Å²) >= 11 is 0. The van der Waals surface area contributed by atoms with Crippen LogP contribution in [-0.4, -0.2) is 41.6 Å². The van der Waals surface area contributed by atoms with Crippen molar-refractivity contribution in [3.8, 4) is 0 Å². The Morgan fingerprint density at radius 3 is 2.60 bits per heavy atom. The van der Waals surface area contributed by atoms with Gasteiger partial charge < -0.3 is 15.3 Å². The number of carboxylic acid groups (broad SMARTS) is 1. The predicted octanol–water partition coefficient (Wildman–Crippen LogP) is 2.49. The van der Waals surface area contributed by atoms with Crippen LogP contribution in [0.25, 0.3) is 0 Å². The van der Waals surface area contributed by atoms with Crippen molar-refractivity contribution in [1.82, 2.24) is 10.2 Å². The third-order valence-electron chi connectivity index (χ3n) is 3.33. The van der Waals surface area contributed by atoms with Gasteiger partial charge in [-0.1, -0.05) is 32.4 Å². The lowest BCUT2D eigenvalue weighted by molar-refractivity contribution is -0.142. The molecule has 1 aliphatic heterocycles. The molecule has 20 heavy (non-hydrogen) atoms. The summed E-state index contributed by atoms with van der Waals surface area (Å²) in [6.07, 6.45) is 3.54. The van der Waals surface area contributed by atoms with Gasteiger partial charge in [0.1, 0.15) is 0 Å². The molecule has 2 amide bonds. The average molecular weight is 282 g/mol. The van der Waals surface area contributed by atoms with E-state index in [0.29, 0.717) is 19.5 Å². The lowest BCUT2D eigenvalue weighted by Crippen LogP contribution is -2.45. The van der Waals surface area contributed by atoms with Crippen molar-refractivity contribution in [1.29, 1.82) is 0 Å². The molecule has 1 unspecified atom stereocenters. The average Bonchev–Trinajstić information content (AvgIpc) is 2.32. The molecular formula is C15H26N2O3. The Bertz CT molecular complexity index is 396. The largest absolute Gasteiger partial charge is 0.481 e. The molecule has 0 bridgehead atoms. The van der Waals surface area contributed by atoms with E-state index >= 15 is 0 Å². The number of carbonyl (C=O) groups is 2. The Balaban J connectivity index is 2.49. The monoisotopic (exact) mass is 282 g/mol. The fourth-order valence-corrected chi connectivity index (χ4v) is 2.39. The summed E-state index contributed by atoms with van der Waals surface area (Å²) in [6, 6.07) is -0.169. The Labute approximate surface area is 121 Å². The second-order valence-electron chi connectivity index (χ2n) is 6.75. The normalized spacial score (nSPS) is 17.4. The van der Waals surface area contributed by atoms with Gasteiger partial charge >= 0.3 is 12.0 Å². The summed E-state index contributed by atoms with van der Waals surface area (Å²) in [4.78, 5) is 25.0. The van der Waals surface area contributed by atoms with Crippen LogP contribution < -0.4 is 5.32 Å². The maximum absolute atomic E-state index is 12.0. The third-order valence-corrected chi connectivity index (χ3v) is 3.33. The van der Waals surface area contributed by atoms with Gasteiger partial charge in [-0.05, 0) is 25.2 Å². The summed E-state index contributed by atoms with van der Waals surface area (Å²) in [6.45, 7) is 9.52. The van der Waals surface area contributed by atoms with Gasteiger partial charge in [-0.2, -0.15) is 0 Å². The van der Waals surface area contributed by atoms with Gasteiger partial charge in [0.15, 0.2) is 0 Å². The SMILES string of the molecule is CC1=CCCN(C(=O)NCC(CC(C)(C)C)C(=O)O)C1. The molecule has 0 aliphatic carbocycles. The molecule has 1 atom stereocenters. The van der Waals surface area contributed by atoms with Crippen molar-refractivity contribution in [2.45, 2.75) is 40.5 Å². The van der Waals surface area contributed by atoms with Crippen molar-refractivity contribution in [2.24, 2.45) is 11.3 Å². The number of hydrogen-bond donors (Lipinski definition) is 2. The highest BCUT2D eigenvalue weighted by Crippen LogP contribution is 2.24. The van der Waals surface area contributed by atoms with Crippen LogP contribution in [0.15, 0.2) is 11.6 Å². The van der Waals surface area contributed by atoms with E-state index in [0.717, 1.165) is 6.42 Å². The van der Waals surface area contributed by atoms with Crippen LogP contribution in [0.5, 0.6) is 0 Å². The molecule has 114 valence electrons. The van der Waals surface area contributed by atoms with Crippen molar-refractivity contribution < 1.29 is 14.7 Å². The molecule has 1 aliphatic rings. The number of rotatable bonds is 4. The van der Waals surface area contributed by atoms with Gasteiger partial charge in [-0.3, -0.25) is 4.79 Å². The van der Waals surface area contributed by atoms with Crippen molar-refractivity contribution >= 4 is 12.0 Å². The quantitative estimate of drug-likeness (QED) is 0.778. The number of carboxylic acids is 1. The molecular weight excluding hydrogens is 256 g/mol. The highest BCUT2D eigenvalue weighted by molar-refractivity contribution is 5.76. The Kier molecular flexibility index (Phi) is 5.60. The van der Waals surface area contributed by atoms with Crippen LogP contribution in [0, 0.1) is 11.3 Å². The van der Waals surface area contributed by atoms with E-state index in [-0.39, 0.29) is 18.0 Å². The zero-order valence-corrected chi connectivity index (χ0v) is 12.9. The zero-order valence-electron chi connectivity index (χ0n) is 12.9. The first-order valence-corrected chi connectivity index (χ1v) is 7.10. The topological polar surface area (TPSA) is 69.6 Å². The van der Waals surface area contributed by atoms with E-state index in [1.807, 2.05) is 27.7 Å². The Morgan fingerprint density at radius 1 is 1.45 bits per heavy atom. The first-order valence-electron chi connectivity index (χ1n) is 7.10. The molecule has 1 rings (SSSR count). The van der Waals surface area contributed by atoms with Crippen LogP contribution in [0.3, 0.4) is 0 Å². The third kappa shape index (κ3) is 5.63. The summed E-state index contributed by atoms with van der Waals surface area (Å²) < 4.78 is 0. The zero-order chi connectivity index (χ0) is 15.3. The second-order valence-corrected chi connectivity index (χ2v) is 6.75. The van der Waals surface area contributed by atoms with E-state index in [1.54, 1.807) is 4.90 Å². The first-order chi connectivity index (χ1) is 9.19. The number of urea groups is 1. The summed E-state index contributed by atoms with van der Waals surface area (Å²) in [7, 11) is 0. The summed E-state index contributed by atoms with van der Waals surface area (Å²) in [5.41, 5.74) is 1.11. The smallest absolute Gasteiger partial charge is 0.317 e. The number of nitrogens with one attached hydrogen (secondary N) is 1. The molecule has 0 saturated heterocycles. The standard InChI is InChI=1S/C15H26N2O3/c1-11-6-5-7-17(10-11)14(20)16-9-12(13(18)19)8-15(2,3)4/h6,12H,5,7-10H2,1-4H3,(H,16,20)(H,18,19). The van der Waals surface area contributed by atoms with Crippen LogP contribution in [0.2, 0.25) is 0 Å². The Morgan fingerprint density at radius 2 is 2.10 bits per heavy atom. The summed E-state index contributed by atoms with van der Waals surface area (Å²) in [5, 5.41) is 12.0. The molecule has 0 radical (unpaired) electrons. The van der Waals surface area contributed by atoms with Crippen LogP contribution in [0.1, 0.15) is 40.5 Å². The number of carbonyl (C=O) groups excluding carboxylic acids is 1. The highest BCUT2D eigenvalue weighted by Gasteiger charge is 2.26. The van der Waals surface area contributed by atoms with Crippen LogP contribution in [0.4, 0.5) is 4.79 Å². The predicted molar refractivity (Wildman–Crippen MR) is 78.5 cm³/mol. The molecule has 5 heteroatoms. The van der Waals surface area contributed by atoms with Crippen LogP contribution in [-0.2, 0) is 4.79 Å². The molecule has 1 heterocycles.